The molecule has 2 N–H and O–H groups in total. The van der Waals surface area contributed by atoms with Gasteiger partial charge in [0.2, 0.25) is 0 Å². The third kappa shape index (κ3) is 5.21. The number of hydrogen-bond acceptors (Lipinski definition) is 4. The minimum Gasteiger partial charge on any atom is -0.507 e. The summed E-state index contributed by atoms with van der Waals surface area (Å²) >= 11 is 0. The third-order valence-electron chi connectivity index (χ3n) is 4.49. The monoisotopic (exact) mass is 344 g/mol. The maximum Gasteiger partial charge on any atom is 0.128 e. The molecule has 0 aliphatic rings. The molecule has 136 valence electrons. The van der Waals surface area contributed by atoms with Gasteiger partial charge in [-0.2, -0.15) is 0 Å². The van der Waals surface area contributed by atoms with Crippen LogP contribution in [0.4, 0.5) is 0 Å². The molecule has 0 saturated heterocycles. The zero-order chi connectivity index (χ0) is 18.2. The van der Waals surface area contributed by atoms with Gasteiger partial charge in [-0.3, -0.25) is 5.26 Å². The van der Waals surface area contributed by atoms with E-state index in [1.165, 1.54) is 5.56 Å². The lowest BCUT2D eigenvalue weighted by Crippen LogP contribution is -2.05. The number of ether oxygens (including phenoxy) is 1. The molecule has 0 radical (unpaired) electrons. The summed E-state index contributed by atoms with van der Waals surface area (Å²) in [5.41, 5.74) is 3.57. The zero-order valence-electron chi connectivity index (χ0n) is 15.3. The van der Waals surface area contributed by atoms with Crippen LogP contribution in [0.5, 0.6) is 11.5 Å². The molecule has 0 bridgehead atoms. The largest absolute Gasteiger partial charge is 0.507 e. The molecule has 0 heterocycles. The number of rotatable bonds is 9. The van der Waals surface area contributed by atoms with Crippen molar-refractivity contribution in [3.63, 3.8) is 0 Å². The van der Waals surface area contributed by atoms with Gasteiger partial charge in [0.25, 0.3) is 0 Å². The molecule has 2 aromatic carbocycles. The minimum absolute atomic E-state index is 0.0331. The van der Waals surface area contributed by atoms with Crippen LogP contribution < -0.4 is 4.74 Å². The Bertz CT molecular complexity index is 665. The highest BCUT2D eigenvalue weighted by Gasteiger charge is 2.19. The number of hydrogen-bond donors (Lipinski definition) is 2. The summed E-state index contributed by atoms with van der Waals surface area (Å²) in [5, 5.41) is 19.7. The Morgan fingerprint density at radius 1 is 1.00 bits per heavy atom. The van der Waals surface area contributed by atoms with Crippen molar-refractivity contribution in [1.82, 2.24) is 0 Å². The fraction of sp³-hybridized carbons (Fsp3) is 0.429. The van der Waals surface area contributed by atoms with Crippen molar-refractivity contribution in [2.24, 2.45) is 5.92 Å². The highest BCUT2D eigenvalue weighted by atomic mass is 17.1. The summed E-state index contributed by atoms with van der Waals surface area (Å²) in [6.45, 7) is 4.26. The molecule has 0 unspecified atom stereocenters. The maximum atomic E-state index is 10.8. The van der Waals surface area contributed by atoms with E-state index < -0.39 is 0 Å². The lowest BCUT2D eigenvalue weighted by Gasteiger charge is -2.18. The van der Waals surface area contributed by atoms with Gasteiger partial charge in [-0.25, -0.2) is 4.89 Å². The van der Waals surface area contributed by atoms with Gasteiger partial charge in [0.05, 0.1) is 7.11 Å². The highest BCUT2D eigenvalue weighted by molar-refractivity contribution is 5.53. The van der Waals surface area contributed by atoms with E-state index in [0.29, 0.717) is 17.2 Å². The van der Waals surface area contributed by atoms with Crippen LogP contribution in [0.15, 0.2) is 36.4 Å². The fourth-order valence-electron chi connectivity index (χ4n) is 3.01. The quantitative estimate of drug-likeness (QED) is 0.508. The second-order valence-corrected chi connectivity index (χ2v) is 6.74. The summed E-state index contributed by atoms with van der Waals surface area (Å²) in [5.74, 6) is 1.40. The molecule has 4 nitrogen and oxygen atoms in total. The molecule has 0 aliphatic heterocycles. The van der Waals surface area contributed by atoms with Crippen LogP contribution in [0.2, 0.25) is 0 Å². The molecule has 2 rings (SSSR count). The Balaban J connectivity index is 2.32. The van der Waals surface area contributed by atoms with Crippen LogP contribution in [0.3, 0.4) is 0 Å². The lowest BCUT2D eigenvalue weighted by molar-refractivity contribution is -0.253. The van der Waals surface area contributed by atoms with Crippen LogP contribution in [-0.4, -0.2) is 17.5 Å². The third-order valence-corrected chi connectivity index (χ3v) is 4.49. The summed E-state index contributed by atoms with van der Waals surface area (Å²) < 4.78 is 5.52. The SMILES string of the molecule is COc1cc(CCc2ccccc2)c(COO)c(O)c1CCC(C)C. The van der Waals surface area contributed by atoms with Crippen molar-refractivity contribution in [2.45, 2.75) is 46.1 Å². The first kappa shape index (κ1) is 19.3. The average molecular weight is 344 g/mol. The van der Waals surface area contributed by atoms with E-state index in [-0.39, 0.29) is 12.4 Å². The first-order valence-corrected chi connectivity index (χ1v) is 8.77. The van der Waals surface area contributed by atoms with Crippen molar-refractivity contribution < 1.29 is 20.0 Å². The molecule has 0 spiro atoms. The maximum absolute atomic E-state index is 10.8. The minimum atomic E-state index is -0.0331. The molecule has 0 amide bonds. The first-order valence-electron chi connectivity index (χ1n) is 8.77. The highest BCUT2D eigenvalue weighted by Crippen LogP contribution is 2.37. The van der Waals surface area contributed by atoms with Crippen LogP contribution in [0.1, 0.15) is 42.5 Å². The number of phenols is 1. The van der Waals surface area contributed by atoms with Crippen molar-refractivity contribution in [1.29, 1.82) is 0 Å². The Hall–Kier alpha value is -2.04. The van der Waals surface area contributed by atoms with Gasteiger partial charge in [-0.05, 0) is 48.8 Å². The number of aryl methyl sites for hydroxylation is 2. The predicted octanol–water partition coefficient (Wildman–Crippen LogP) is 4.76. The topological polar surface area (TPSA) is 58.9 Å². The van der Waals surface area contributed by atoms with Crippen LogP contribution in [0, 0.1) is 5.92 Å². The average Bonchev–Trinajstić information content (AvgIpc) is 2.61. The van der Waals surface area contributed by atoms with Crippen molar-refractivity contribution in [3.8, 4) is 11.5 Å². The van der Waals surface area contributed by atoms with Crippen LogP contribution in [0.25, 0.3) is 0 Å². The van der Waals surface area contributed by atoms with E-state index in [2.05, 4.69) is 30.9 Å². The number of phenolic OH excluding ortho intramolecular Hbond substituents is 1. The standard InChI is InChI=1S/C21H28O4/c1-15(2)9-12-18-20(24-3)13-17(19(14-25-23)21(18)22)11-10-16-7-5-4-6-8-16/h4-8,13,15,22-23H,9-12,14H2,1-3H3. The van der Waals surface area contributed by atoms with E-state index in [0.717, 1.165) is 36.8 Å². The Labute approximate surface area is 150 Å². The Morgan fingerprint density at radius 3 is 2.32 bits per heavy atom. The summed E-state index contributed by atoms with van der Waals surface area (Å²) in [4.78, 5) is 4.35. The van der Waals surface area contributed by atoms with E-state index in [9.17, 15) is 5.11 Å². The van der Waals surface area contributed by atoms with Gasteiger partial charge in [0.1, 0.15) is 18.1 Å². The number of aromatic hydroxyl groups is 1. The van der Waals surface area contributed by atoms with Crippen molar-refractivity contribution >= 4 is 0 Å². The summed E-state index contributed by atoms with van der Waals surface area (Å²) in [7, 11) is 1.62. The molecular formula is C21H28O4. The summed E-state index contributed by atoms with van der Waals surface area (Å²) in [6, 6.07) is 12.1. The molecule has 25 heavy (non-hydrogen) atoms. The van der Waals surface area contributed by atoms with E-state index in [4.69, 9.17) is 9.99 Å². The van der Waals surface area contributed by atoms with Crippen LogP contribution in [-0.2, 0) is 30.8 Å². The molecule has 0 saturated carbocycles. The van der Waals surface area contributed by atoms with E-state index >= 15 is 0 Å². The van der Waals surface area contributed by atoms with Crippen LogP contribution >= 0.6 is 0 Å². The first-order chi connectivity index (χ1) is 12.1. The second kappa shape index (κ2) is 9.44. The zero-order valence-corrected chi connectivity index (χ0v) is 15.3. The molecular weight excluding hydrogens is 316 g/mol. The molecule has 0 aliphatic carbocycles. The number of benzene rings is 2. The van der Waals surface area contributed by atoms with Crippen molar-refractivity contribution in [3.05, 3.63) is 58.7 Å². The summed E-state index contributed by atoms with van der Waals surface area (Å²) in [6.07, 6.45) is 3.25. The number of methoxy groups -OCH3 is 1. The fourth-order valence-corrected chi connectivity index (χ4v) is 3.01. The Kier molecular flexibility index (Phi) is 7.29. The molecule has 0 aromatic heterocycles. The van der Waals surface area contributed by atoms with Gasteiger partial charge in [0.15, 0.2) is 0 Å². The molecule has 0 atom stereocenters. The normalized spacial score (nSPS) is 11.1. The predicted molar refractivity (Wildman–Crippen MR) is 99.1 cm³/mol. The smallest absolute Gasteiger partial charge is 0.128 e. The lowest BCUT2D eigenvalue weighted by atomic mass is 9.93. The second-order valence-electron chi connectivity index (χ2n) is 6.74. The van der Waals surface area contributed by atoms with E-state index in [1.54, 1.807) is 7.11 Å². The molecule has 2 aromatic rings. The molecule has 4 heteroatoms. The van der Waals surface area contributed by atoms with Crippen molar-refractivity contribution in [2.75, 3.05) is 7.11 Å². The van der Waals surface area contributed by atoms with Gasteiger partial charge in [-0.1, -0.05) is 44.2 Å². The molecule has 0 fully saturated rings. The van der Waals surface area contributed by atoms with Gasteiger partial charge in [0, 0.05) is 11.1 Å². The van der Waals surface area contributed by atoms with Gasteiger partial charge >= 0.3 is 0 Å². The van der Waals surface area contributed by atoms with Gasteiger partial charge < -0.3 is 9.84 Å². The van der Waals surface area contributed by atoms with Gasteiger partial charge in [-0.15, -0.1) is 0 Å². The van der Waals surface area contributed by atoms with E-state index in [1.807, 2.05) is 24.3 Å². The Morgan fingerprint density at radius 2 is 1.72 bits per heavy atom.